The number of anilines is 1. The maximum absolute atomic E-state index is 12.1. The monoisotopic (exact) mass is 413 g/mol. The number of halogens is 3. The molecule has 0 aliphatic rings. The Bertz CT molecular complexity index is 796. The van der Waals surface area contributed by atoms with E-state index in [2.05, 4.69) is 20.9 Å². The average molecular weight is 413 g/mol. The van der Waals surface area contributed by atoms with Crippen LogP contribution >= 0.6 is 12.2 Å². The lowest BCUT2D eigenvalue weighted by molar-refractivity contribution is -0.274. The number of ether oxygens (including phenoxy) is 2. The van der Waals surface area contributed by atoms with Crippen LogP contribution in [0.1, 0.15) is 12.5 Å². The zero-order valence-corrected chi connectivity index (χ0v) is 15.6. The summed E-state index contributed by atoms with van der Waals surface area (Å²) in [6, 6.07) is 12.3. The van der Waals surface area contributed by atoms with Crippen LogP contribution in [0.4, 0.5) is 18.9 Å². The van der Waals surface area contributed by atoms with Gasteiger partial charge >= 0.3 is 6.36 Å². The molecule has 28 heavy (non-hydrogen) atoms. The van der Waals surface area contributed by atoms with Crippen molar-refractivity contribution in [3.63, 3.8) is 0 Å². The molecule has 150 valence electrons. The van der Waals surface area contributed by atoms with Gasteiger partial charge in [0.05, 0.1) is 0 Å². The molecular formula is C18H18F3N3O3S. The smallest absolute Gasteiger partial charge is 0.484 e. The number of nitrogens with one attached hydrogen (secondary N) is 3. The summed E-state index contributed by atoms with van der Waals surface area (Å²) in [4.78, 5) is 11.8. The number of thiocarbonyl (C=S) groups is 1. The van der Waals surface area contributed by atoms with Crippen LogP contribution in [0.25, 0.3) is 0 Å². The zero-order chi connectivity index (χ0) is 20.6. The first-order valence-corrected chi connectivity index (χ1v) is 8.59. The van der Waals surface area contributed by atoms with Crippen LogP contribution in [0.2, 0.25) is 0 Å². The fraction of sp³-hybridized carbons (Fsp3) is 0.222. The number of alkyl halides is 3. The molecule has 0 fully saturated rings. The normalized spacial score (nSPS) is 10.7. The summed E-state index contributed by atoms with van der Waals surface area (Å²) < 4.78 is 45.5. The molecule has 0 saturated carbocycles. The highest BCUT2D eigenvalue weighted by atomic mass is 32.1. The molecule has 3 N–H and O–H groups in total. The van der Waals surface area contributed by atoms with Gasteiger partial charge in [-0.3, -0.25) is 15.6 Å². The minimum atomic E-state index is -4.75. The predicted molar refractivity (Wildman–Crippen MR) is 102 cm³/mol. The Balaban J connectivity index is 1.71. The molecule has 0 saturated heterocycles. The molecular weight excluding hydrogens is 395 g/mol. The van der Waals surface area contributed by atoms with E-state index in [-0.39, 0.29) is 17.5 Å². The first-order chi connectivity index (χ1) is 13.2. The summed E-state index contributed by atoms with van der Waals surface area (Å²) in [5.41, 5.74) is 6.39. The largest absolute Gasteiger partial charge is 0.573 e. The van der Waals surface area contributed by atoms with Gasteiger partial charge in [0, 0.05) is 5.69 Å². The second kappa shape index (κ2) is 9.79. The second-order valence-corrected chi connectivity index (χ2v) is 5.89. The predicted octanol–water partition coefficient (Wildman–Crippen LogP) is 3.54. The van der Waals surface area contributed by atoms with Gasteiger partial charge < -0.3 is 14.8 Å². The molecule has 0 aliphatic heterocycles. The molecule has 10 heteroatoms. The minimum absolute atomic E-state index is 0.0464. The Kier molecular flexibility index (Phi) is 7.44. The van der Waals surface area contributed by atoms with E-state index in [1.54, 1.807) is 12.1 Å². The standard InChI is InChI=1S/C18H18F3N3O3S/c1-2-12-3-7-14(8-4-12)26-11-16(25)23-24-17(28)22-13-5-9-15(10-6-13)27-18(19,20)21/h3-10H,2,11H2,1H3,(H,23,25)(H2,22,24,28). The Labute approximate surface area is 165 Å². The first kappa shape index (κ1) is 21.3. The van der Waals surface area contributed by atoms with Gasteiger partial charge in [-0.25, -0.2) is 0 Å². The maximum Gasteiger partial charge on any atom is 0.573 e. The fourth-order valence-electron chi connectivity index (χ4n) is 2.04. The van der Waals surface area contributed by atoms with E-state index >= 15 is 0 Å². The summed E-state index contributed by atoms with van der Waals surface area (Å²) in [6.07, 6.45) is -3.84. The topological polar surface area (TPSA) is 71.6 Å². The van der Waals surface area contributed by atoms with Crippen molar-refractivity contribution in [1.82, 2.24) is 10.9 Å². The van der Waals surface area contributed by atoms with Crippen molar-refractivity contribution in [2.24, 2.45) is 0 Å². The molecule has 2 aromatic carbocycles. The maximum atomic E-state index is 12.1. The van der Waals surface area contributed by atoms with Gasteiger partial charge in [-0.2, -0.15) is 0 Å². The Morgan fingerprint density at radius 3 is 2.18 bits per heavy atom. The number of carbonyl (C=O) groups excluding carboxylic acids is 1. The molecule has 2 aromatic rings. The average Bonchev–Trinajstić information content (AvgIpc) is 2.65. The van der Waals surface area contributed by atoms with Gasteiger partial charge in [0.25, 0.3) is 5.91 Å². The fourth-order valence-corrected chi connectivity index (χ4v) is 2.20. The highest BCUT2D eigenvalue weighted by Crippen LogP contribution is 2.23. The summed E-state index contributed by atoms with van der Waals surface area (Å²) in [7, 11) is 0. The van der Waals surface area contributed by atoms with Crippen molar-refractivity contribution < 1.29 is 27.4 Å². The van der Waals surface area contributed by atoms with Crippen LogP contribution in [-0.4, -0.2) is 24.0 Å². The SMILES string of the molecule is CCc1ccc(OCC(=O)NNC(=S)Nc2ccc(OC(F)(F)F)cc2)cc1. The van der Waals surface area contributed by atoms with Gasteiger partial charge in [-0.1, -0.05) is 19.1 Å². The van der Waals surface area contributed by atoms with Crippen molar-refractivity contribution in [2.75, 3.05) is 11.9 Å². The number of hydrazine groups is 1. The molecule has 1 amide bonds. The van der Waals surface area contributed by atoms with Gasteiger partial charge in [0.2, 0.25) is 0 Å². The number of carbonyl (C=O) groups is 1. The molecule has 0 unspecified atom stereocenters. The number of hydrogen-bond acceptors (Lipinski definition) is 4. The Morgan fingerprint density at radius 1 is 1.00 bits per heavy atom. The molecule has 0 heterocycles. The van der Waals surface area contributed by atoms with Crippen LogP contribution in [0.15, 0.2) is 48.5 Å². The van der Waals surface area contributed by atoms with E-state index in [1.165, 1.54) is 12.1 Å². The van der Waals surface area contributed by atoms with Gasteiger partial charge in [0.15, 0.2) is 11.7 Å². The number of amides is 1. The second-order valence-electron chi connectivity index (χ2n) is 5.49. The van der Waals surface area contributed by atoms with Crippen LogP contribution in [0.5, 0.6) is 11.5 Å². The van der Waals surface area contributed by atoms with E-state index in [1.807, 2.05) is 19.1 Å². The lowest BCUT2D eigenvalue weighted by Crippen LogP contribution is -2.45. The van der Waals surface area contributed by atoms with E-state index in [0.717, 1.165) is 24.1 Å². The van der Waals surface area contributed by atoms with Crippen LogP contribution in [-0.2, 0) is 11.2 Å². The van der Waals surface area contributed by atoms with Gasteiger partial charge in [-0.05, 0) is 60.6 Å². The lowest BCUT2D eigenvalue weighted by atomic mass is 10.2. The molecule has 2 rings (SSSR count). The third kappa shape index (κ3) is 7.70. The molecule has 0 radical (unpaired) electrons. The van der Waals surface area contributed by atoms with E-state index < -0.39 is 12.3 Å². The zero-order valence-electron chi connectivity index (χ0n) is 14.8. The molecule has 6 nitrogen and oxygen atoms in total. The molecule has 0 aromatic heterocycles. The van der Waals surface area contributed by atoms with Crippen LogP contribution < -0.4 is 25.6 Å². The molecule has 0 bridgehead atoms. The quantitative estimate of drug-likeness (QED) is 0.497. The molecule has 0 aliphatic carbocycles. The van der Waals surface area contributed by atoms with Crippen molar-refractivity contribution in [3.05, 3.63) is 54.1 Å². The Morgan fingerprint density at radius 2 is 1.61 bits per heavy atom. The number of hydrogen-bond donors (Lipinski definition) is 3. The van der Waals surface area contributed by atoms with Gasteiger partial charge in [-0.15, -0.1) is 13.2 Å². The van der Waals surface area contributed by atoms with E-state index in [0.29, 0.717) is 11.4 Å². The van der Waals surface area contributed by atoms with Crippen molar-refractivity contribution in [1.29, 1.82) is 0 Å². The van der Waals surface area contributed by atoms with Gasteiger partial charge in [0.1, 0.15) is 11.5 Å². The van der Waals surface area contributed by atoms with Crippen molar-refractivity contribution >= 4 is 28.9 Å². The minimum Gasteiger partial charge on any atom is -0.484 e. The summed E-state index contributed by atoms with van der Waals surface area (Å²) in [5.74, 6) is -0.249. The molecule has 0 atom stereocenters. The summed E-state index contributed by atoms with van der Waals surface area (Å²) in [6.45, 7) is 1.82. The third-order valence-corrected chi connectivity index (χ3v) is 3.57. The van der Waals surface area contributed by atoms with E-state index in [4.69, 9.17) is 17.0 Å². The van der Waals surface area contributed by atoms with E-state index in [9.17, 15) is 18.0 Å². The van der Waals surface area contributed by atoms with Crippen LogP contribution in [0, 0.1) is 0 Å². The first-order valence-electron chi connectivity index (χ1n) is 8.18. The van der Waals surface area contributed by atoms with Crippen LogP contribution in [0.3, 0.4) is 0 Å². The molecule has 0 spiro atoms. The van der Waals surface area contributed by atoms with Crippen molar-refractivity contribution in [2.45, 2.75) is 19.7 Å². The number of aryl methyl sites for hydroxylation is 1. The summed E-state index contributed by atoms with van der Waals surface area (Å²) in [5, 5.41) is 2.75. The highest BCUT2D eigenvalue weighted by Gasteiger charge is 2.30. The van der Waals surface area contributed by atoms with Crippen molar-refractivity contribution in [3.8, 4) is 11.5 Å². The number of rotatable bonds is 6. The third-order valence-electron chi connectivity index (χ3n) is 3.36. The highest BCUT2D eigenvalue weighted by molar-refractivity contribution is 7.80. The Hall–Kier alpha value is -3.01. The lowest BCUT2D eigenvalue weighted by Gasteiger charge is -2.13. The number of benzene rings is 2. The summed E-state index contributed by atoms with van der Waals surface area (Å²) >= 11 is 4.99.